The Morgan fingerprint density at radius 3 is 2.42 bits per heavy atom. The van der Waals surface area contributed by atoms with Gasteiger partial charge in [0.15, 0.2) is 5.82 Å². The number of halogens is 1. The summed E-state index contributed by atoms with van der Waals surface area (Å²) < 4.78 is 12.8. The Kier molecular flexibility index (Phi) is 5.04. The first-order valence-electron chi connectivity index (χ1n) is 6.91. The zero-order valence-electron chi connectivity index (χ0n) is 11.4. The Bertz CT molecular complexity index is 375. The summed E-state index contributed by atoms with van der Waals surface area (Å²) in [4.78, 5) is 12.6. The number of piperazine rings is 1. The minimum absolute atomic E-state index is 0.392. The first-order valence-corrected chi connectivity index (χ1v) is 6.91. The number of hydrogen-bond donors (Lipinski definition) is 1. The van der Waals surface area contributed by atoms with Crippen LogP contribution in [-0.2, 0) is 0 Å². The van der Waals surface area contributed by atoms with Gasteiger partial charge >= 0.3 is 0 Å². The summed E-state index contributed by atoms with van der Waals surface area (Å²) in [6.07, 6.45) is 4.61. The molecule has 1 atom stereocenters. The lowest BCUT2D eigenvalue weighted by molar-refractivity contribution is 0.172. The van der Waals surface area contributed by atoms with Gasteiger partial charge in [0.2, 0.25) is 5.95 Å². The van der Waals surface area contributed by atoms with Crippen LogP contribution < -0.4 is 10.6 Å². The molecule has 1 aliphatic heterocycles. The third-order valence-corrected chi connectivity index (χ3v) is 3.69. The molecule has 1 unspecified atom stereocenters. The van der Waals surface area contributed by atoms with E-state index >= 15 is 0 Å². The molecule has 1 aromatic heterocycles. The third-order valence-electron chi connectivity index (χ3n) is 3.69. The van der Waals surface area contributed by atoms with Crippen LogP contribution in [0.25, 0.3) is 0 Å². The van der Waals surface area contributed by atoms with Gasteiger partial charge in [-0.1, -0.05) is 6.92 Å². The van der Waals surface area contributed by atoms with Crippen molar-refractivity contribution < 1.29 is 4.39 Å². The van der Waals surface area contributed by atoms with Crippen LogP contribution in [0.15, 0.2) is 12.4 Å². The average Bonchev–Trinajstić information content (AvgIpc) is 2.46. The molecule has 2 N–H and O–H groups in total. The molecule has 19 heavy (non-hydrogen) atoms. The van der Waals surface area contributed by atoms with Crippen molar-refractivity contribution in [2.45, 2.75) is 25.8 Å². The maximum atomic E-state index is 12.8. The fourth-order valence-electron chi connectivity index (χ4n) is 2.59. The summed E-state index contributed by atoms with van der Waals surface area (Å²) in [5, 5.41) is 0. The molecule has 0 saturated carbocycles. The Hall–Kier alpha value is -1.27. The molecular weight excluding hydrogens is 245 g/mol. The maximum absolute atomic E-state index is 12.8. The third kappa shape index (κ3) is 3.61. The summed E-state index contributed by atoms with van der Waals surface area (Å²) in [6.45, 7) is 6.67. The lowest BCUT2D eigenvalue weighted by atomic mass is 10.1. The van der Waals surface area contributed by atoms with Crippen LogP contribution in [0.1, 0.15) is 19.8 Å². The van der Waals surface area contributed by atoms with Crippen LogP contribution in [0.2, 0.25) is 0 Å². The quantitative estimate of drug-likeness (QED) is 0.857. The number of rotatable bonds is 5. The zero-order chi connectivity index (χ0) is 13.7. The van der Waals surface area contributed by atoms with E-state index < -0.39 is 5.82 Å². The van der Waals surface area contributed by atoms with E-state index in [2.05, 4.69) is 26.7 Å². The van der Waals surface area contributed by atoms with E-state index in [1.54, 1.807) is 0 Å². The Morgan fingerprint density at radius 1 is 1.26 bits per heavy atom. The van der Waals surface area contributed by atoms with Crippen molar-refractivity contribution >= 4 is 5.95 Å². The standard InChI is InChI=1S/C13H22FN5/c1-2-12(3-4-15)18-5-7-19(8-6-18)13-16-9-11(14)10-17-13/h9-10,12H,2-8,15H2,1H3. The molecule has 106 valence electrons. The molecule has 0 spiro atoms. The Balaban J connectivity index is 1.89. The molecule has 1 aromatic rings. The normalized spacial score (nSPS) is 18.6. The van der Waals surface area contributed by atoms with Gasteiger partial charge in [-0.15, -0.1) is 0 Å². The monoisotopic (exact) mass is 267 g/mol. The van der Waals surface area contributed by atoms with Crippen LogP contribution in [0.3, 0.4) is 0 Å². The molecule has 6 heteroatoms. The smallest absolute Gasteiger partial charge is 0.225 e. The second kappa shape index (κ2) is 6.77. The topological polar surface area (TPSA) is 58.3 Å². The van der Waals surface area contributed by atoms with Crippen molar-refractivity contribution in [3.63, 3.8) is 0 Å². The van der Waals surface area contributed by atoms with Gasteiger partial charge in [-0.3, -0.25) is 4.90 Å². The van der Waals surface area contributed by atoms with Gasteiger partial charge in [0.05, 0.1) is 12.4 Å². The van der Waals surface area contributed by atoms with E-state index in [-0.39, 0.29) is 0 Å². The summed E-state index contributed by atoms with van der Waals surface area (Å²) in [5.41, 5.74) is 5.65. The highest BCUT2D eigenvalue weighted by Gasteiger charge is 2.23. The first-order chi connectivity index (χ1) is 9.24. The summed E-state index contributed by atoms with van der Waals surface area (Å²) in [5.74, 6) is 0.226. The minimum atomic E-state index is -0.392. The van der Waals surface area contributed by atoms with Gasteiger partial charge in [-0.05, 0) is 19.4 Å². The minimum Gasteiger partial charge on any atom is -0.338 e. The molecule has 5 nitrogen and oxygen atoms in total. The van der Waals surface area contributed by atoms with Crippen molar-refractivity contribution in [1.82, 2.24) is 14.9 Å². The van der Waals surface area contributed by atoms with E-state index in [9.17, 15) is 4.39 Å². The molecule has 0 aromatic carbocycles. The Morgan fingerprint density at radius 2 is 1.89 bits per heavy atom. The lowest BCUT2D eigenvalue weighted by Crippen LogP contribution is -2.51. The lowest BCUT2D eigenvalue weighted by Gasteiger charge is -2.39. The summed E-state index contributed by atoms with van der Waals surface area (Å²) in [7, 11) is 0. The van der Waals surface area contributed by atoms with E-state index in [1.807, 2.05) is 0 Å². The molecule has 0 aliphatic carbocycles. The van der Waals surface area contributed by atoms with Crippen molar-refractivity contribution in [3.05, 3.63) is 18.2 Å². The number of aromatic nitrogens is 2. The van der Waals surface area contributed by atoms with Crippen LogP contribution in [0.4, 0.5) is 10.3 Å². The van der Waals surface area contributed by atoms with E-state index in [4.69, 9.17) is 5.73 Å². The molecular formula is C13H22FN5. The SMILES string of the molecule is CCC(CCN)N1CCN(c2ncc(F)cn2)CC1. The molecule has 2 rings (SSSR count). The highest BCUT2D eigenvalue weighted by molar-refractivity contribution is 5.29. The molecule has 1 aliphatic rings. The highest BCUT2D eigenvalue weighted by atomic mass is 19.1. The van der Waals surface area contributed by atoms with Crippen LogP contribution in [0.5, 0.6) is 0 Å². The molecule has 1 fully saturated rings. The van der Waals surface area contributed by atoms with Crippen LogP contribution in [-0.4, -0.2) is 53.6 Å². The fraction of sp³-hybridized carbons (Fsp3) is 0.692. The number of hydrogen-bond acceptors (Lipinski definition) is 5. The van der Waals surface area contributed by atoms with Crippen molar-refractivity contribution in [2.24, 2.45) is 5.73 Å². The second-order valence-corrected chi connectivity index (χ2v) is 4.86. The average molecular weight is 267 g/mol. The fourth-order valence-corrected chi connectivity index (χ4v) is 2.59. The van der Waals surface area contributed by atoms with E-state index in [0.29, 0.717) is 12.0 Å². The van der Waals surface area contributed by atoms with E-state index in [1.165, 1.54) is 12.4 Å². The molecule has 1 saturated heterocycles. The Labute approximate surface area is 113 Å². The molecule has 0 bridgehead atoms. The zero-order valence-corrected chi connectivity index (χ0v) is 11.4. The summed E-state index contributed by atoms with van der Waals surface area (Å²) >= 11 is 0. The predicted octanol–water partition coefficient (Wildman–Crippen LogP) is 0.865. The predicted molar refractivity (Wildman–Crippen MR) is 73.5 cm³/mol. The molecule has 2 heterocycles. The highest BCUT2D eigenvalue weighted by Crippen LogP contribution is 2.15. The second-order valence-electron chi connectivity index (χ2n) is 4.86. The largest absolute Gasteiger partial charge is 0.338 e. The van der Waals surface area contributed by atoms with Gasteiger partial charge in [-0.2, -0.15) is 0 Å². The van der Waals surface area contributed by atoms with E-state index in [0.717, 1.165) is 45.6 Å². The molecule has 0 amide bonds. The van der Waals surface area contributed by atoms with Crippen LogP contribution >= 0.6 is 0 Å². The van der Waals surface area contributed by atoms with Gasteiger partial charge in [0, 0.05) is 32.2 Å². The van der Waals surface area contributed by atoms with Crippen LogP contribution in [0, 0.1) is 5.82 Å². The van der Waals surface area contributed by atoms with Crippen molar-refractivity contribution in [2.75, 3.05) is 37.6 Å². The summed E-state index contributed by atoms with van der Waals surface area (Å²) in [6, 6.07) is 0.571. The number of nitrogens with two attached hydrogens (primary N) is 1. The van der Waals surface area contributed by atoms with Crippen molar-refractivity contribution in [3.8, 4) is 0 Å². The van der Waals surface area contributed by atoms with Gasteiger partial charge in [0.25, 0.3) is 0 Å². The number of nitrogens with zero attached hydrogens (tertiary/aromatic N) is 4. The van der Waals surface area contributed by atoms with Gasteiger partial charge in [0.1, 0.15) is 0 Å². The first kappa shape index (κ1) is 14.1. The van der Waals surface area contributed by atoms with Gasteiger partial charge in [-0.25, -0.2) is 14.4 Å². The van der Waals surface area contributed by atoms with Crippen molar-refractivity contribution in [1.29, 1.82) is 0 Å². The molecule has 0 radical (unpaired) electrons. The maximum Gasteiger partial charge on any atom is 0.225 e. The number of anilines is 1. The van der Waals surface area contributed by atoms with Gasteiger partial charge < -0.3 is 10.6 Å².